The summed E-state index contributed by atoms with van der Waals surface area (Å²) in [6, 6.07) is 4.21. The molecule has 2 heterocycles. The summed E-state index contributed by atoms with van der Waals surface area (Å²) in [6.07, 6.45) is 6.33. The molecule has 1 aromatic heterocycles. The number of carboxylic acid groups (broad SMARTS) is 2. The zero-order chi connectivity index (χ0) is 26.2. The molecule has 0 amide bonds. The van der Waals surface area contributed by atoms with Crippen LogP contribution in [0.4, 0.5) is 0 Å². The van der Waals surface area contributed by atoms with E-state index >= 15 is 0 Å². The third kappa shape index (κ3) is 6.42. The van der Waals surface area contributed by atoms with Gasteiger partial charge in [0.15, 0.2) is 11.5 Å². The minimum Gasteiger partial charge on any atom is -0.493 e. The highest BCUT2D eigenvalue weighted by molar-refractivity contribution is 6.32. The van der Waals surface area contributed by atoms with Crippen LogP contribution in [0.15, 0.2) is 35.8 Å². The quantitative estimate of drug-likeness (QED) is 0.458. The van der Waals surface area contributed by atoms with Crippen LogP contribution in [0.3, 0.4) is 0 Å². The van der Waals surface area contributed by atoms with Crippen molar-refractivity contribution in [2.45, 2.75) is 57.1 Å². The maximum Gasteiger partial charge on any atom is 0.372 e. The van der Waals surface area contributed by atoms with Crippen molar-refractivity contribution in [1.29, 1.82) is 0 Å². The second kappa shape index (κ2) is 12.2. The normalized spacial score (nSPS) is 20.0. The molecule has 1 aliphatic heterocycles. The van der Waals surface area contributed by atoms with E-state index in [1.807, 2.05) is 13.0 Å². The molecular weight excluding hydrogens is 470 g/mol. The average molecular weight is 500 g/mol. The zero-order valence-electron chi connectivity index (χ0n) is 20.1. The van der Waals surface area contributed by atoms with Crippen molar-refractivity contribution in [3.8, 4) is 11.5 Å². The Morgan fingerprint density at radius 3 is 2.39 bits per heavy atom. The van der Waals surface area contributed by atoms with Gasteiger partial charge >= 0.3 is 11.9 Å². The van der Waals surface area contributed by atoms with E-state index in [9.17, 15) is 19.5 Å². The van der Waals surface area contributed by atoms with Crippen molar-refractivity contribution in [3.05, 3.63) is 47.5 Å². The number of aliphatic imine (C=N–C) groups is 1. The van der Waals surface area contributed by atoms with E-state index in [-0.39, 0.29) is 18.1 Å². The molecule has 0 bridgehead atoms. The van der Waals surface area contributed by atoms with E-state index in [1.165, 1.54) is 6.33 Å². The van der Waals surface area contributed by atoms with Gasteiger partial charge in [0.05, 0.1) is 38.0 Å². The number of aliphatic hydroxyl groups is 1. The van der Waals surface area contributed by atoms with Gasteiger partial charge in [0.2, 0.25) is 5.78 Å². The lowest BCUT2D eigenvalue weighted by atomic mass is 9.74. The van der Waals surface area contributed by atoms with Gasteiger partial charge in [0, 0.05) is 35.9 Å². The van der Waals surface area contributed by atoms with Crippen LogP contribution in [-0.4, -0.2) is 74.6 Å². The maximum absolute atomic E-state index is 10.2. The Kier molecular flexibility index (Phi) is 9.07. The summed E-state index contributed by atoms with van der Waals surface area (Å²) >= 11 is 0. The summed E-state index contributed by atoms with van der Waals surface area (Å²) in [5.41, 5.74) is 3.95. The summed E-state index contributed by atoms with van der Waals surface area (Å²) < 4.78 is 11.3. The zero-order valence-corrected chi connectivity index (χ0v) is 20.1. The molecule has 36 heavy (non-hydrogen) atoms. The minimum atomic E-state index is -1.58. The molecule has 1 aliphatic carbocycles. The molecule has 1 saturated carbocycles. The van der Waals surface area contributed by atoms with Crippen LogP contribution in [0.5, 0.6) is 11.5 Å². The van der Waals surface area contributed by atoms with E-state index in [0.717, 1.165) is 47.4 Å². The second-order valence-electron chi connectivity index (χ2n) is 8.39. The molecule has 192 valence electrons. The fourth-order valence-corrected chi connectivity index (χ4v) is 4.35. The molecule has 2 aliphatic rings. The Morgan fingerprint density at radius 2 is 1.78 bits per heavy atom. The molecule has 0 saturated heterocycles. The van der Waals surface area contributed by atoms with Gasteiger partial charge in [0.1, 0.15) is 6.33 Å². The minimum absolute atomic E-state index is 0.156. The van der Waals surface area contributed by atoms with Gasteiger partial charge < -0.3 is 24.8 Å². The molecular formula is C25H29N3O8. The highest BCUT2D eigenvalue weighted by Gasteiger charge is 2.37. The summed E-state index contributed by atoms with van der Waals surface area (Å²) in [5.74, 6) is -2.21. The van der Waals surface area contributed by atoms with Gasteiger partial charge in [-0.25, -0.2) is 14.8 Å². The van der Waals surface area contributed by atoms with Crippen LogP contribution in [0, 0.1) is 0 Å². The number of hydrogen-bond donors (Lipinski definition) is 3. The summed E-state index contributed by atoms with van der Waals surface area (Å²) in [4.78, 5) is 43.1. The molecule has 1 aromatic carbocycles. The number of methoxy groups -OCH3 is 1. The molecule has 0 unspecified atom stereocenters. The van der Waals surface area contributed by atoms with Gasteiger partial charge in [-0.15, -0.1) is 0 Å². The summed E-state index contributed by atoms with van der Waals surface area (Å²) in [5, 5.41) is 26.2. The molecule has 3 N–H and O–H groups in total. The first-order valence-electron chi connectivity index (χ1n) is 11.6. The number of aliphatic carboxylic acids is 2. The Balaban J connectivity index is 0.000000308. The number of ether oxygens (including phenoxy) is 2. The SMILES string of the molecule is CCOc1cc2c(cc1OC)C(c1cncnc1)=N[C@@H]1CC[C@@H](O)C[C@H]21.O=C(O)CCC(=O)C(=O)O. The van der Waals surface area contributed by atoms with Crippen molar-refractivity contribution < 1.29 is 39.2 Å². The van der Waals surface area contributed by atoms with E-state index in [0.29, 0.717) is 12.4 Å². The fraction of sp³-hybridized carbons (Fsp3) is 0.440. The molecule has 11 nitrogen and oxygen atoms in total. The fourth-order valence-electron chi connectivity index (χ4n) is 4.35. The number of rotatable bonds is 8. The largest absolute Gasteiger partial charge is 0.493 e. The number of Topliss-reactive ketones (excluding diaryl/α,β-unsaturated/α-hetero) is 1. The molecule has 0 radical (unpaired) electrons. The molecule has 3 atom stereocenters. The monoisotopic (exact) mass is 499 g/mol. The summed E-state index contributed by atoms with van der Waals surface area (Å²) in [7, 11) is 1.64. The van der Waals surface area contributed by atoms with Crippen molar-refractivity contribution in [2.75, 3.05) is 13.7 Å². The number of nitrogens with zero attached hydrogens (tertiary/aromatic N) is 3. The average Bonchev–Trinajstić information content (AvgIpc) is 2.87. The third-order valence-electron chi connectivity index (χ3n) is 6.01. The topological polar surface area (TPSA) is 168 Å². The number of carbonyl (C=O) groups excluding carboxylic acids is 1. The van der Waals surface area contributed by atoms with E-state index in [4.69, 9.17) is 24.7 Å². The number of carboxylic acids is 2. The van der Waals surface area contributed by atoms with Crippen molar-refractivity contribution in [1.82, 2.24) is 9.97 Å². The van der Waals surface area contributed by atoms with Crippen LogP contribution in [0.25, 0.3) is 0 Å². The molecule has 1 fully saturated rings. The van der Waals surface area contributed by atoms with E-state index in [2.05, 4.69) is 16.0 Å². The van der Waals surface area contributed by atoms with Gasteiger partial charge in [0.25, 0.3) is 0 Å². The maximum atomic E-state index is 10.2. The predicted molar refractivity (Wildman–Crippen MR) is 128 cm³/mol. The predicted octanol–water partition coefficient (Wildman–Crippen LogP) is 2.24. The third-order valence-corrected chi connectivity index (χ3v) is 6.01. The highest BCUT2D eigenvalue weighted by atomic mass is 16.5. The van der Waals surface area contributed by atoms with Crippen molar-refractivity contribution >= 4 is 23.4 Å². The van der Waals surface area contributed by atoms with Crippen molar-refractivity contribution in [3.63, 3.8) is 0 Å². The molecule has 11 heteroatoms. The number of ketones is 1. The first-order valence-corrected chi connectivity index (χ1v) is 11.6. The van der Waals surface area contributed by atoms with Gasteiger partial charge in [-0.1, -0.05) is 0 Å². The Morgan fingerprint density at radius 1 is 1.06 bits per heavy atom. The number of aliphatic hydroxyl groups excluding tert-OH is 1. The van der Waals surface area contributed by atoms with Crippen LogP contribution in [0.2, 0.25) is 0 Å². The Labute approximate surface area is 207 Å². The first-order chi connectivity index (χ1) is 17.2. The van der Waals surface area contributed by atoms with Crippen LogP contribution in [-0.2, 0) is 14.4 Å². The van der Waals surface area contributed by atoms with Crippen LogP contribution < -0.4 is 9.47 Å². The first kappa shape index (κ1) is 26.7. The van der Waals surface area contributed by atoms with Gasteiger partial charge in [-0.2, -0.15) is 0 Å². The summed E-state index contributed by atoms with van der Waals surface area (Å²) in [6.45, 7) is 2.53. The number of aromatic nitrogens is 2. The van der Waals surface area contributed by atoms with Crippen LogP contribution in [0.1, 0.15) is 61.6 Å². The lowest BCUT2D eigenvalue weighted by Gasteiger charge is -2.37. The number of fused-ring (bicyclic) bond motifs is 3. The molecule has 0 spiro atoms. The molecule has 4 rings (SSSR count). The number of benzene rings is 1. The Bertz CT molecular complexity index is 1140. The number of carbonyl (C=O) groups is 3. The van der Waals surface area contributed by atoms with Gasteiger partial charge in [-0.3, -0.25) is 14.6 Å². The molecule has 2 aromatic rings. The number of hydrogen-bond acceptors (Lipinski definition) is 9. The lowest BCUT2D eigenvalue weighted by Crippen LogP contribution is -2.34. The second-order valence-corrected chi connectivity index (χ2v) is 8.39. The van der Waals surface area contributed by atoms with Crippen molar-refractivity contribution in [2.24, 2.45) is 4.99 Å². The highest BCUT2D eigenvalue weighted by Crippen LogP contribution is 2.44. The standard InChI is InChI=1S/C20H23N3O3.C5H6O5/c1-3-26-19-7-14-15-6-13(24)4-5-17(15)23-20(12-9-21-11-22-10-12)16(14)8-18(19)25-2;6-3(5(9)10)1-2-4(7)8/h7-11,13,15,17,24H,3-6H2,1-2H3;1-2H2,(H,7,8)(H,9,10)/t13-,15-,17-;/m1./s1. The van der Waals surface area contributed by atoms with Gasteiger partial charge in [-0.05, 0) is 43.9 Å². The van der Waals surface area contributed by atoms with Crippen LogP contribution >= 0.6 is 0 Å². The van der Waals surface area contributed by atoms with E-state index in [1.54, 1.807) is 19.5 Å². The Hall–Kier alpha value is -3.86. The smallest absolute Gasteiger partial charge is 0.372 e. The van der Waals surface area contributed by atoms with E-state index < -0.39 is 30.6 Å². The lowest BCUT2D eigenvalue weighted by molar-refractivity contribution is -0.149.